The molecule has 2 rings (SSSR count). The van der Waals surface area contributed by atoms with E-state index in [1.165, 1.54) is 6.07 Å². The Morgan fingerprint density at radius 2 is 2.21 bits per heavy atom. The first-order chi connectivity index (χ1) is 9.01. The van der Waals surface area contributed by atoms with E-state index in [0.717, 1.165) is 19.3 Å². The van der Waals surface area contributed by atoms with Gasteiger partial charge in [-0.1, -0.05) is 6.42 Å². The minimum atomic E-state index is -3.62. The molecule has 0 radical (unpaired) electrons. The van der Waals surface area contributed by atoms with Crippen molar-refractivity contribution < 1.29 is 17.9 Å². The van der Waals surface area contributed by atoms with Crippen molar-refractivity contribution >= 4 is 10.0 Å². The molecule has 1 aliphatic carbocycles. The Morgan fingerprint density at radius 3 is 2.84 bits per heavy atom. The number of aliphatic hydroxyl groups excluding tert-OH is 1. The van der Waals surface area contributed by atoms with E-state index in [1.807, 2.05) is 0 Å². The number of rotatable bonds is 5. The molecule has 0 saturated heterocycles. The Hall–Kier alpha value is -0.890. The molecule has 1 heterocycles. The van der Waals surface area contributed by atoms with Crippen molar-refractivity contribution in [2.24, 2.45) is 11.7 Å². The second kappa shape index (κ2) is 6.04. The fourth-order valence-corrected chi connectivity index (χ4v) is 3.42. The lowest BCUT2D eigenvalue weighted by molar-refractivity contribution is 0.102. The zero-order valence-corrected chi connectivity index (χ0v) is 11.5. The van der Waals surface area contributed by atoms with E-state index >= 15 is 0 Å². The van der Waals surface area contributed by atoms with Crippen molar-refractivity contribution in [3.63, 3.8) is 0 Å². The second-order valence-corrected chi connectivity index (χ2v) is 6.66. The Bertz CT molecular complexity index is 512. The van der Waals surface area contributed by atoms with Gasteiger partial charge in [0, 0.05) is 6.54 Å². The molecule has 1 aromatic heterocycles. The number of aliphatic hydroxyl groups is 1. The average molecular weight is 288 g/mol. The summed E-state index contributed by atoms with van der Waals surface area (Å²) in [5, 5.41) is 9.44. The second-order valence-electron chi connectivity index (χ2n) is 4.96. The van der Waals surface area contributed by atoms with Crippen LogP contribution in [0, 0.1) is 5.92 Å². The lowest BCUT2D eigenvalue weighted by Gasteiger charge is -2.25. The van der Waals surface area contributed by atoms with Crippen molar-refractivity contribution in [3.8, 4) is 0 Å². The topological polar surface area (TPSA) is 106 Å². The van der Waals surface area contributed by atoms with Crippen LogP contribution in [0.15, 0.2) is 21.6 Å². The van der Waals surface area contributed by atoms with Crippen molar-refractivity contribution in [3.05, 3.63) is 17.9 Å². The summed E-state index contributed by atoms with van der Waals surface area (Å²) in [6.07, 6.45) is 3.02. The van der Waals surface area contributed by atoms with E-state index in [1.54, 1.807) is 6.07 Å². The van der Waals surface area contributed by atoms with Crippen LogP contribution in [-0.2, 0) is 16.6 Å². The van der Waals surface area contributed by atoms with Crippen LogP contribution >= 0.6 is 0 Å². The van der Waals surface area contributed by atoms with Crippen LogP contribution in [-0.4, -0.2) is 26.2 Å². The molecule has 0 amide bonds. The standard InChI is InChI=1S/C12H20N2O4S/c13-7-11-4-5-12(18-11)19(16,17)14-8-9-2-1-3-10(15)6-9/h4-5,9-10,14-15H,1-3,6-8,13H2. The largest absolute Gasteiger partial charge is 0.447 e. The summed E-state index contributed by atoms with van der Waals surface area (Å²) < 4.78 is 31.6. The maximum absolute atomic E-state index is 12.0. The van der Waals surface area contributed by atoms with Gasteiger partial charge in [0.1, 0.15) is 5.76 Å². The summed E-state index contributed by atoms with van der Waals surface area (Å²) in [5.74, 6) is 0.621. The van der Waals surface area contributed by atoms with Crippen LogP contribution in [0.2, 0.25) is 0 Å². The van der Waals surface area contributed by atoms with Gasteiger partial charge < -0.3 is 15.3 Å². The van der Waals surface area contributed by atoms with Crippen LogP contribution in [0.4, 0.5) is 0 Å². The number of hydrogen-bond donors (Lipinski definition) is 3. The number of sulfonamides is 1. The highest BCUT2D eigenvalue weighted by Crippen LogP contribution is 2.24. The maximum Gasteiger partial charge on any atom is 0.273 e. The highest BCUT2D eigenvalue weighted by molar-refractivity contribution is 7.89. The molecule has 1 aliphatic rings. The first kappa shape index (κ1) is 14.5. The van der Waals surface area contributed by atoms with Gasteiger partial charge in [0.15, 0.2) is 0 Å². The van der Waals surface area contributed by atoms with E-state index in [0.29, 0.717) is 18.7 Å². The van der Waals surface area contributed by atoms with Crippen LogP contribution < -0.4 is 10.5 Å². The van der Waals surface area contributed by atoms with E-state index in [2.05, 4.69) is 4.72 Å². The lowest BCUT2D eigenvalue weighted by Crippen LogP contribution is -2.32. The average Bonchev–Trinajstić information content (AvgIpc) is 2.86. The SMILES string of the molecule is NCc1ccc(S(=O)(=O)NCC2CCCC(O)C2)o1. The van der Waals surface area contributed by atoms with Gasteiger partial charge in [-0.05, 0) is 37.3 Å². The molecule has 1 fully saturated rings. The Kier molecular flexibility index (Phi) is 4.62. The molecule has 1 saturated carbocycles. The number of furan rings is 1. The third-order valence-corrected chi connectivity index (χ3v) is 4.72. The van der Waals surface area contributed by atoms with Gasteiger partial charge in [-0.3, -0.25) is 0 Å². The molecular weight excluding hydrogens is 268 g/mol. The fourth-order valence-electron chi connectivity index (χ4n) is 2.36. The molecule has 6 nitrogen and oxygen atoms in total. The van der Waals surface area contributed by atoms with Crippen LogP contribution in [0.5, 0.6) is 0 Å². The monoisotopic (exact) mass is 288 g/mol. The minimum absolute atomic E-state index is 0.107. The van der Waals surface area contributed by atoms with Gasteiger partial charge in [-0.25, -0.2) is 13.1 Å². The van der Waals surface area contributed by atoms with Crippen LogP contribution in [0.1, 0.15) is 31.4 Å². The quantitative estimate of drug-likeness (QED) is 0.734. The van der Waals surface area contributed by atoms with Gasteiger partial charge in [0.25, 0.3) is 10.0 Å². The maximum atomic E-state index is 12.0. The van der Waals surface area contributed by atoms with E-state index < -0.39 is 10.0 Å². The summed E-state index contributed by atoms with van der Waals surface area (Å²) in [6.45, 7) is 0.502. The Balaban J connectivity index is 1.93. The lowest BCUT2D eigenvalue weighted by atomic mass is 9.87. The van der Waals surface area contributed by atoms with Gasteiger partial charge in [-0.2, -0.15) is 0 Å². The summed E-state index contributed by atoms with van der Waals surface area (Å²) in [6, 6.07) is 2.96. The first-order valence-electron chi connectivity index (χ1n) is 6.48. The predicted octanol–water partition coefficient (Wildman–Crippen LogP) is 0.568. The first-order valence-corrected chi connectivity index (χ1v) is 7.96. The number of nitrogens with one attached hydrogen (secondary N) is 1. The molecule has 0 aliphatic heterocycles. The highest BCUT2D eigenvalue weighted by atomic mass is 32.2. The molecule has 0 spiro atoms. The summed E-state index contributed by atoms with van der Waals surface area (Å²) >= 11 is 0. The van der Waals surface area contributed by atoms with E-state index in [4.69, 9.17) is 10.2 Å². The Morgan fingerprint density at radius 1 is 1.42 bits per heavy atom. The summed E-state index contributed by atoms with van der Waals surface area (Å²) in [7, 11) is -3.62. The third kappa shape index (κ3) is 3.79. The van der Waals surface area contributed by atoms with Crippen LogP contribution in [0.25, 0.3) is 0 Å². The number of hydrogen-bond acceptors (Lipinski definition) is 5. The van der Waals surface area contributed by atoms with Crippen molar-refractivity contribution in [1.29, 1.82) is 0 Å². The van der Waals surface area contributed by atoms with Gasteiger partial charge >= 0.3 is 0 Å². The molecule has 1 aromatic rings. The molecule has 0 bridgehead atoms. The summed E-state index contributed by atoms with van der Waals surface area (Å²) in [4.78, 5) is 0. The third-order valence-electron chi connectivity index (χ3n) is 3.42. The molecule has 19 heavy (non-hydrogen) atoms. The van der Waals surface area contributed by atoms with E-state index in [9.17, 15) is 13.5 Å². The van der Waals surface area contributed by atoms with E-state index in [-0.39, 0.29) is 23.7 Å². The fraction of sp³-hybridized carbons (Fsp3) is 0.667. The minimum Gasteiger partial charge on any atom is -0.447 e. The van der Waals surface area contributed by atoms with Gasteiger partial charge in [-0.15, -0.1) is 0 Å². The zero-order valence-electron chi connectivity index (χ0n) is 10.7. The zero-order chi connectivity index (χ0) is 13.9. The molecular formula is C12H20N2O4S. The molecule has 4 N–H and O–H groups in total. The molecule has 0 aromatic carbocycles. The molecule has 7 heteroatoms. The Labute approximate surface area is 113 Å². The van der Waals surface area contributed by atoms with Crippen molar-refractivity contribution in [1.82, 2.24) is 4.72 Å². The normalized spacial score (nSPS) is 24.5. The number of nitrogens with two attached hydrogens (primary N) is 1. The van der Waals surface area contributed by atoms with Gasteiger partial charge in [0.05, 0.1) is 12.6 Å². The van der Waals surface area contributed by atoms with Crippen LogP contribution in [0.3, 0.4) is 0 Å². The summed E-state index contributed by atoms with van der Waals surface area (Å²) in [5.41, 5.74) is 5.38. The molecule has 108 valence electrons. The van der Waals surface area contributed by atoms with Gasteiger partial charge in [0.2, 0.25) is 5.09 Å². The molecule has 2 atom stereocenters. The highest BCUT2D eigenvalue weighted by Gasteiger charge is 2.24. The van der Waals surface area contributed by atoms with Crippen molar-refractivity contribution in [2.75, 3.05) is 6.54 Å². The molecule has 2 unspecified atom stereocenters. The van der Waals surface area contributed by atoms with Crippen molar-refractivity contribution in [2.45, 2.75) is 43.4 Å². The smallest absolute Gasteiger partial charge is 0.273 e. The predicted molar refractivity (Wildman–Crippen MR) is 69.8 cm³/mol.